The van der Waals surface area contributed by atoms with Crippen LogP contribution in [0.15, 0.2) is 36.7 Å². The minimum Gasteiger partial charge on any atom is -0.464 e. The van der Waals surface area contributed by atoms with Gasteiger partial charge >= 0.3 is 5.97 Å². The maximum atomic E-state index is 13.8. The van der Waals surface area contributed by atoms with Crippen LogP contribution < -0.4 is 4.90 Å². The van der Waals surface area contributed by atoms with Crippen LogP contribution in [0.4, 0.5) is 19.0 Å². The molecule has 8 nitrogen and oxygen atoms in total. The largest absolute Gasteiger partial charge is 0.464 e. The minimum absolute atomic E-state index is 0.00555. The molecule has 4 rings (SSSR count). The highest BCUT2D eigenvalue weighted by Gasteiger charge is 2.36. The number of halogens is 3. The van der Waals surface area contributed by atoms with Gasteiger partial charge in [0, 0.05) is 38.3 Å². The predicted octanol–water partition coefficient (Wildman–Crippen LogP) is 5.06. The summed E-state index contributed by atoms with van der Waals surface area (Å²) in [6, 6.07) is 6.14. The first-order chi connectivity index (χ1) is 18.5. The standard InChI is InChI=1S/C27H31F3N4O4Si/c1-37-27(36)25-20(19-5-7-31-32-15-19)14-23(34(25)16-38-9-10-39(2,3)4)33-8-6-18(26(33)35)11-17-12-21(28)24(30)22(29)13-17/h5,7,12-15,18H,6,8-11,16H2,1-4H3. The molecule has 1 fully saturated rings. The van der Waals surface area contributed by atoms with E-state index in [1.807, 2.05) is 0 Å². The first-order valence-electron chi connectivity index (χ1n) is 12.6. The van der Waals surface area contributed by atoms with Crippen molar-refractivity contribution in [3.8, 4) is 11.1 Å². The number of hydrogen-bond acceptors (Lipinski definition) is 6. The van der Waals surface area contributed by atoms with E-state index in [0.717, 1.165) is 18.2 Å². The number of hydrogen-bond donors (Lipinski definition) is 0. The number of benzene rings is 1. The molecule has 3 heterocycles. The molecule has 12 heteroatoms. The summed E-state index contributed by atoms with van der Waals surface area (Å²) in [7, 11) is -0.100. The summed E-state index contributed by atoms with van der Waals surface area (Å²) in [6.45, 7) is 7.49. The number of nitrogens with zero attached hydrogens (tertiary/aromatic N) is 4. The highest BCUT2D eigenvalue weighted by Crippen LogP contribution is 2.36. The van der Waals surface area contributed by atoms with Crippen molar-refractivity contribution >= 4 is 25.8 Å². The molecule has 0 aliphatic carbocycles. The Morgan fingerprint density at radius 1 is 1.13 bits per heavy atom. The average Bonchev–Trinajstić information content (AvgIpc) is 3.44. The van der Waals surface area contributed by atoms with Gasteiger partial charge in [0.2, 0.25) is 5.91 Å². The summed E-state index contributed by atoms with van der Waals surface area (Å²) in [4.78, 5) is 28.1. The van der Waals surface area contributed by atoms with Crippen LogP contribution in [0.2, 0.25) is 25.7 Å². The first-order valence-corrected chi connectivity index (χ1v) is 16.3. The number of amides is 1. The third-order valence-corrected chi connectivity index (χ3v) is 8.39. The van der Waals surface area contributed by atoms with Gasteiger partial charge in [0.25, 0.3) is 0 Å². The van der Waals surface area contributed by atoms with Crippen LogP contribution in [0.3, 0.4) is 0 Å². The summed E-state index contributed by atoms with van der Waals surface area (Å²) in [6.07, 6.45) is 3.45. The van der Waals surface area contributed by atoms with Gasteiger partial charge in [-0.1, -0.05) is 19.6 Å². The number of ether oxygens (including phenoxy) is 2. The van der Waals surface area contributed by atoms with Crippen molar-refractivity contribution in [2.45, 2.75) is 45.3 Å². The zero-order valence-corrected chi connectivity index (χ0v) is 23.3. The van der Waals surface area contributed by atoms with Gasteiger partial charge in [-0.2, -0.15) is 10.2 Å². The zero-order valence-electron chi connectivity index (χ0n) is 22.3. The third kappa shape index (κ3) is 6.39. The summed E-state index contributed by atoms with van der Waals surface area (Å²) in [5, 5.41) is 7.71. The van der Waals surface area contributed by atoms with E-state index in [1.54, 1.807) is 16.7 Å². The second-order valence-corrected chi connectivity index (χ2v) is 16.3. The van der Waals surface area contributed by atoms with Gasteiger partial charge in [-0.25, -0.2) is 18.0 Å². The summed E-state index contributed by atoms with van der Waals surface area (Å²) < 4.78 is 53.6. The maximum Gasteiger partial charge on any atom is 0.355 e. The van der Waals surface area contributed by atoms with Crippen molar-refractivity contribution in [1.82, 2.24) is 14.8 Å². The number of esters is 1. The fourth-order valence-electron chi connectivity index (χ4n) is 4.58. The smallest absolute Gasteiger partial charge is 0.355 e. The monoisotopic (exact) mass is 560 g/mol. The molecule has 0 N–H and O–H groups in total. The Kier molecular flexibility index (Phi) is 8.55. The molecule has 1 atom stereocenters. The Morgan fingerprint density at radius 2 is 1.85 bits per heavy atom. The quantitative estimate of drug-likeness (QED) is 0.149. The molecule has 1 aromatic carbocycles. The molecular weight excluding hydrogens is 529 g/mol. The van der Waals surface area contributed by atoms with Crippen LogP contribution in [-0.2, 0) is 27.4 Å². The molecule has 2 aromatic heterocycles. The zero-order chi connectivity index (χ0) is 28.3. The third-order valence-electron chi connectivity index (χ3n) is 6.68. The summed E-state index contributed by atoms with van der Waals surface area (Å²) >= 11 is 0. The normalized spacial score (nSPS) is 15.7. The summed E-state index contributed by atoms with van der Waals surface area (Å²) in [5.41, 5.74) is 1.50. The average molecular weight is 561 g/mol. The van der Waals surface area contributed by atoms with E-state index < -0.39 is 37.4 Å². The lowest BCUT2D eigenvalue weighted by atomic mass is 9.98. The fraction of sp³-hybridized carbons (Fsp3) is 0.407. The van der Waals surface area contributed by atoms with Crippen molar-refractivity contribution < 1.29 is 32.2 Å². The molecule has 1 aliphatic rings. The Bertz CT molecular complexity index is 1340. The van der Waals surface area contributed by atoms with Crippen LogP contribution in [-0.4, -0.2) is 55.0 Å². The first kappa shape index (κ1) is 28.5. The van der Waals surface area contributed by atoms with Gasteiger partial charge in [-0.3, -0.25) is 14.3 Å². The van der Waals surface area contributed by atoms with E-state index in [0.29, 0.717) is 36.5 Å². The number of carbonyl (C=O) groups is 2. The van der Waals surface area contributed by atoms with Crippen molar-refractivity contribution in [1.29, 1.82) is 0 Å². The Labute approximate surface area is 225 Å². The molecular formula is C27H31F3N4O4Si. The molecule has 1 unspecified atom stereocenters. The molecule has 1 amide bonds. The van der Waals surface area contributed by atoms with Crippen molar-refractivity contribution in [3.05, 3.63) is 65.4 Å². The minimum atomic E-state index is -1.54. The van der Waals surface area contributed by atoms with Crippen LogP contribution in [0.1, 0.15) is 22.5 Å². The predicted molar refractivity (Wildman–Crippen MR) is 141 cm³/mol. The molecule has 0 bridgehead atoms. The molecule has 208 valence electrons. The van der Waals surface area contributed by atoms with Gasteiger partial charge in [0.05, 0.1) is 19.5 Å². The van der Waals surface area contributed by atoms with E-state index in [2.05, 4.69) is 29.8 Å². The van der Waals surface area contributed by atoms with E-state index in [1.165, 1.54) is 24.4 Å². The van der Waals surface area contributed by atoms with E-state index in [4.69, 9.17) is 9.47 Å². The Morgan fingerprint density at radius 3 is 2.46 bits per heavy atom. The van der Waals surface area contributed by atoms with Gasteiger partial charge in [-0.05, 0) is 48.7 Å². The van der Waals surface area contributed by atoms with E-state index in [-0.39, 0.29) is 30.3 Å². The van der Waals surface area contributed by atoms with Crippen LogP contribution in [0.5, 0.6) is 0 Å². The topological polar surface area (TPSA) is 86.5 Å². The van der Waals surface area contributed by atoms with Crippen LogP contribution in [0.25, 0.3) is 11.1 Å². The molecule has 0 radical (unpaired) electrons. The van der Waals surface area contributed by atoms with Gasteiger partial charge in [-0.15, -0.1) is 0 Å². The van der Waals surface area contributed by atoms with Crippen LogP contribution in [0, 0.1) is 23.4 Å². The number of aromatic nitrogens is 3. The Hall–Kier alpha value is -3.51. The number of methoxy groups -OCH3 is 1. The summed E-state index contributed by atoms with van der Waals surface area (Å²) in [5.74, 6) is -5.18. The van der Waals surface area contributed by atoms with Crippen molar-refractivity contribution in [3.63, 3.8) is 0 Å². The molecule has 0 spiro atoms. The van der Waals surface area contributed by atoms with Gasteiger partial charge in [0.1, 0.15) is 18.2 Å². The highest BCUT2D eigenvalue weighted by molar-refractivity contribution is 6.76. The lowest BCUT2D eigenvalue weighted by molar-refractivity contribution is -0.120. The number of anilines is 1. The SMILES string of the molecule is COC(=O)c1c(-c2ccnnc2)cc(N2CCC(Cc3cc(F)c(F)c(F)c3)C2=O)n1COCC[Si](C)(C)C. The highest BCUT2D eigenvalue weighted by atomic mass is 28.3. The maximum absolute atomic E-state index is 13.8. The van der Waals surface area contributed by atoms with Crippen LogP contribution >= 0.6 is 0 Å². The number of rotatable bonds is 10. The fourth-order valence-corrected chi connectivity index (χ4v) is 5.33. The van der Waals surface area contributed by atoms with Crippen molar-refractivity contribution in [2.24, 2.45) is 5.92 Å². The molecule has 39 heavy (non-hydrogen) atoms. The van der Waals surface area contributed by atoms with Crippen molar-refractivity contribution in [2.75, 3.05) is 25.2 Å². The van der Waals surface area contributed by atoms with E-state index >= 15 is 0 Å². The molecule has 0 saturated carbocycles. The molecule has 1 aliphatic heterocycles. The second kappa shape index (κ2) is 11.7. The van der Waals surface area contributed by atoms with Gasteiger partial charge < -0.3 is 9.47 Å². The Balaban J connectivity index is 1.69. The van der Waals surface area contributed by atoms with Gasteiger partial charge in [0.15, 0.2) is 17.5 Å². The molecule has 1 saturated heterocycles. The lowest BCUT2D eigenvalue weighted by Crippen LogP contribution is -2.31. The number of carbonyl (C=O) groups excluding carboxylic acids is 2. The van der Waals surface area contributed by atoms with E-state index in [9.17, 15) is 22.8 Å². The lowest BCUT2D eigenvalue weighted by Gasteiger charge is -2.21. The second-order valence-electron chi connectivity index (χ2n) is 10.7. The molecule has 3 aromatic rings.